The molecule has 96 valence electrons. The van der Waals surface area contributed by atoms with Gasteiger partial charge in [-0.05, 0) is 35.1 Å². The summed E-state index contributed by atoms with van der Waals surface area (Å²) < 4.78 is 6.40. The van der Waals surface area contributed by atoms with Gasteiger partial charge in [0.05, 0.1) is 14.7 Å². The van der Waals surface area contributed by atoms with Crippen molar-refractivity contribution in [1.29, 1.82) is 0 Å². The van der Waals surface area contributed by atoms with Gasteiger partial charge in [-0.25, -0.2) is 0 Å². The maximum Gasteiger partial charge on any atom is 0.268 e. The molecule has 1 atom stereocenters. The van der Waals surface area contributed by atoms with Gasteiger partial charge in [0.15, 0.2) is 5.82 Å². The fourth-order valence-corrected chi connectivity index (χ4v) is 3.30. The van der Waals surface area contributed by atoms with Crippen LogP contribution in [0.2, 0.25) is 0 Å². The summed E-state index contributed by atoms with van der Waals surface area (Å²) in [6.07, 6.45) is 0. The largest absolute Gasteiger partial charge is 0.333 e. The first-order valence-corrected chi connectivity index (χ1v) is 7.35. The number of nitrogens with zero attached hydrogens (tertiary/aromatic N) is 3. The molecular formula is C11H13BrN4OS. The lowest BCUT2D eigenvalue weighted by Crippen LogP contribution is -2.44. The predicted molar refractivity (Wildman–Crippen MR) is 73.6 cm³/mol. The smallest absolute Gasteiger partial charge is 0.268 e. The minimum Gasteiger partial charge on any atom is -0.333 e. The van der Waals surface area contributed by atoms with E-state index in [0.29, 0.717) is 5.89 Å². The molecule has 0 aromatic carbocycles. The van der Waals surface area contributed by atoms with Crippen molar-refractivity contribution in [2.75, 3.05) is 26.7 Å². The molecule has 1 fully saturated rings. The fraction of sp³-hybridized carbons (Fsp3) is 0.455. The van der Waals surface area contributed by atoms with Crippen molar-refractivity contribution >= 4 is 27.3 Å². The molecule has 5 nitrogen and oxygen atoms in total. The lowest BCUT2D eigenvalue weighted by molar-refractivity contribution is 0.190. The van der Waals surface area contributed by atoms with Gasteiger partial charge in [-0.2, -0.15) is 4.98 Å². The number of rotatable bonds is 2. The van der Waals surface area contributed by atoms with Crippen LogP contribution in [0.3, 0.4) is 0 Å². The first-order chi connectivity index (χ1) is 8.74. The fourth-order valence-electron chi connectivity index (χ4n) is 1.99. The Kier molecular flexibility index (Phi) is 3.47. The summed E-state index contributed by atoms with van der Waals surface area (Å²) in [4.78, 5) is 7.74. The SMILES string of the molecule is CN1CCNCC1c1noc(-c2ccc(Br)s2)n1. The third kappa shape index (κ3) is 2.35. The Hall–Kier alpha value is -0.760. The molecule has 1 aliphatic rings. The molecule has 2 aromatic heterocycles. The summed E-state index contributed by atoms with van der Waals surface area (Å²) in [5, 5.41) is 7.45. The Morgan fingerprint density at radius 1 is 1.56 bits per heavy atom. The first kappa shape index (κ1) is 12.3. The molecule has 1 saturated heterocycles. The van der Waals surface area contributed by atoms with Crippen LogP contribution in [0.1, 0.15) is 11.9 Å². The molecule has 3 heterocycles. The highest BCUT2D eigenvalue weighted by atomic mass is 79.9. The quantitative estimate of drug-likeness (QED) is 0.915. The molecule has 18 heavy (non-hydrogen) atoms. The van der Waals surface area contributed by atoms with Gasteiger partial charge in [-0.15, -0.1) is 11.3 Å². The average molecular weight is 329 g/mol. The van der Waals surface area contributed by atoms with Crippen LogP contribution < -0.4 is 5.32 Å². The van der Waals surface area contributed by atoms with Crippen molar-refractivity contribution in [3.8, 4) is 10.8 Å². The maximum absolute atomic E-state index is 5.34. The van der Waals surface area contributed by atoms with Crippen LogP contribution in [0, 0.1) is 0 Å². The van der Waals surface area contributed by atoms with Crippen molar-refractivity contribution < 1.29 is 4.52 Å². The van der Waals surface area contributed by atoms with E-state index in [9.17, 15) is 0 Å². The van der Waals surface area contributed by atoms with E-state index in [2.05, 4.69) is 43.3 Å². The van der Waals surface area contributed by atoms with Crippen molar-refractivity contribution in [3.05, 3.63) is 21.7 Å². The number of piperazine rings is 1. The van der Waals surface area contributed by atoms with E-state index in [-0.39, 0.29) is 6.04 Å². The molecule has 1 unspecified atom stereocenters. The number of likely N-dealkylation sites (N-methyl/N-ethyl adjacent to an activating group) is 1. The molecule has 1 N–H and O–H groups in total. The minimum absolute atomic E-state index is 0.194. The van der Waals surface area contributed by atoms with Crippen LogP contribution in [0.4, 0.5) is 0 Å². The summed E-state index contributed by atoms with van der Waals surface area (Å²) in [5.74, 6) is 1.35. The van der Waals surface area contributed by atoms with Gasteiger partial charge in [0.2, 0.25) is 0 Å². The summed E-state index contributed by atoms with van der Waals surface area (Å²) in [7, 11) is 2.09. The molecule has 0 saturated carbocycles. The van der Waals surface area contributed by atoms with Gasteiger partial charge < -0.3 is 9.84 Å². The van der Waals surface area contributed by atoms with E-state index in [1.54, 1.807) is 11.3 Å². The zero-order valence-corrected chi connectivity index (χ0v) is 12.3. The van der Waals surface area contributed by atoms with Gasteiger partial charge >= 0.3 is 0 Å². The van der Waals surface area contributed by atoms with Gasteiger partial charge in [0.1, 0.15) is 0 Å². The molecule has 0 spiro atoms. The van der Waals surface area contributed by atoms with Crippen molar-refractivity contribution in [2.45, 2.75) is 6.04 Å². The van der Waals surface area contributed by atoms with Gasteiger partial charge in [0, 0.05) is 19.6 Å². The highest BCUT2D eigenvalue weighted by Gasteiger charge is 2.25. The van der Waals surface area contributed by atoms with Crippen molar-refractivity contribution in [2.24, 2.45) is 0 Å². The van der Waals surface area contributed by atoms with E-state index in [0.717, 1.165) is 34.1 Å². The molecule has 1 aliphatic heterocycles. The number of hydrogen-bond donors (Lipinski definition) is 1. The Balaban J connectivity index is 1.84. The first-order valence-electron chi connectivity index (χ1n) is 5.74. The highest BCUT2D eigenvalue weighted by Crippen LogP contribution is 2.31. The lowest BCUT2D eigenvalue weighted by Gasteiger charge is -2.30. The number of nitrogens with one attached hydrogen (secondary N) is 1. The molecule has 2 aromatic rings. The van der Waals surface area contributed by atoms with E-state index < -0.39 is 0 Å². The number of halogens is 1. The zero-order chi connectivity index (χ0) is 12.5. The second kappa shape index (κ2) is 5.08. The second-order valence-electron chi connectivity index (χ2n) is 4.26. The summed E-state index contributed by atoms with van der Waals surface area (Å²) >= 11 is 5.03. The van der Waals surface area contributed by atoms with Crippen LogP contribution >= 0.6 is 27.3 Å². The molecule has 0 aliphatic carbocycles. The molecule has 0 amide bonds. The van der Waals surface area contributed by atoms with E-state index in [1.807, 2.05) is 12.1 Å². The highest BCUT2D eigenvalue weighted by molar-refractivity contribution is 9.11. The number of aromatic nitrogens is 2. The van der Waals surface area contributed by atoms with Gasteiger partial charge in [-0.3, -0.25) is 4.90 Å². The number of thiophene rings is 1. The minimum atomic E-state index is 0.194. The molecular weight excluding hydrogens is 316 g/mol. The monoisotopic (exact) mass is 328 g/mol. The molecule has 3 rings (SSSR count). The Bertz CT molecular complexity index is 541. The molecule has 0 bridgehead atoms. The van der Waals surface area contributed by atoms with Crippen LogP contribution in [-0.4, -0.2) is 41.7 Å². The van der Waals surface area contributed by atoms with Crippen LogP contribution in [-0.2, 0) is 0 Å². The van der Waals surface area contributed by atoms with Crippen LogP contribution in [0.25, 0.3) is 10.8 Å². The normalized spacial score (nSPS) is 21.3. The topological polar surface area (TPSA) is 54.2 Å². The van der Waals surface area contributed by atoms with E-state index >= 15 is 0 Å². The Morgan fingerprint density at radius 3 is 3.17 bits per heavy atom. The second-order valence-corrected chi connectivity index (χ2v) is 6.73. The third-order valence-electron chi connectivity index (χ3n) is 3.03. The van der Waals surface area contributed by atoms with Crippen molar-refractivity contribution in [3.63, 3.8) is 0 Å². The number of hydrogen-bond acceptors (Lipinski definition) is 6. The standard InChI is InChI=1S/C11H13BrN4OS/c1-16-5-4-13-6-7(16)10-14-11(17-15-10)8-2-3-9(12)18-8/h2-3,7,13H,4-6H2,1H3. The van der Waals surface area contributed by atoms with E-state index in [1.165, 1.54) is 0 Å². The lowest BCUT2D eigenvalue weighted by atomic mass is 10.2. The third-order valence-corrected chi connectivity index (χ3v) is 4.65. The molecule has 0 radical (unpaired) electrons. The molecule has 7 heteroatoms. The summed E-state index contributed by atoms with van der Waals surface area (Å²) in [5.41, 5.74) is 0. The van der Waals surface area contributed by atoms with Gasteiger partial charge in [0.25, 0.3) is 5.89 Å². The van der Waals surface area contributed by atoms with Crippen molar-refractivity contribution in [1.82, 2.24) is 20.4 Å². The van der Waals surface area contributed by atoms with Crippen LogP contribution in [0.5, 0.6) is 0 Å². The summed E-state index contributed by atoms with van der Waals surface area (Å²) in [6, 6.07) is 4.16. The van der Waals surface area contributed by atoms with Gasteiger partial charge in [-0.1, -0.05) is 5.16 Å². The Labute approximate surface area is 117 Å². The average Bonchev–Trinajstić information content (AvgIpc) is 2.98. The Morgan fingerprint density at radius 2 is 2.44 bits per heavy atom. The van der Waals surface area contributed by atoms with Crippen LogP contribution in [0.15, 0.2) is 20.4 Å². The predicted octanol–water partition coefficient (Wildman–Crippen LogP) is 2.14. The van der Waals surface area contributed by atoms with E-state index in [4.69, 9.17) is 4.52 Å². The zero-order valence-electron chi connectivity index (χ0n) is 9.89. The summed E-state index contributed by atoms with van der Waals surface area (Å²) in [6.45, 7) is 2.87. The maximum atomic E-state index is 5.34.